The van der Waals surface area contributed by atoms with Gasteiger partial charge in [-0.1, -0.05) is 12.1 Å². The first-order chi connectivity index (χ1) is 8.04. The van der Waals surface area contributed by atoms with Crippen molar-refractivity contribution >= 4 is 22.8 Å². The molecule has 88 valence electrons. The van der Waals surface area contributed by atoms with Gasteiger partial charge in [-0.2, -0.15) is 0 Å². The van der Waals surface area contributed by atoms with E-state index < -0.39 is 5.97 Å². The minimum atomic E-state index is -0.506. The summed E-state index contributed by atoms with van der Waals surface area (Å²) in [6.07, 6.45) is 0. The lowest BCUT2D eigenvalue weighted by molar-refractivity contribution is 0.0583. The van der Waals surface area contributed by atoms with Gasteiger partial charge in [0, 0.05) is 12.3 Å². The first-order valence-electron chi connectivity index (χ1n) is 5.26. The molecule has 0 unspecified atom stereocenters. The SMILES string of the molecule is COC(=O)c1cc2ccc(C)cc2n1C(C)=O. The first-order valence-corrected chi connectivity index (χ1v) is 5.26. The number of hydrogen-bond acceptors (Lipinski definition) is 3. The summed E-state index contributed by atoms with van der Waals surface area (Å²) in [5, 5.41) is 0.853. The summed E-state index contributed by atoms with van der Waals surface area (Å²) in [6.45, 7) is 3.36. The molecule has 0 fully saturated rings. The topological polar surface area (TPSA) is 48.3 Å². The van der Waals surface area contributed by atoms with Gasteiger partial charge in [0.05, 0.1) is 12.6 Å². The van der Waals surface area contributed by atoms with Gasteiger partial charge >= 0.3 is 5.97 Å². The Morgan fingerprint density at radius 1 is 1.24 bits per heavy atom. The van der Waals surface area contributed by atoms with Crippen LogP contribution >= 0.6 is 0 Å². The van der Waals surface area contributed by atoms with Crippen LogP contribution in [0.25, 0.3) is 10.9 Å². The molecule has 0 bridgehead atoms. The zero-order valence-corrected chi connectivity index (χ0v) is 9.98. The van der Waals surface area contributed by atoms with Crippen molar-refractivity contribution in [3.05, 3.63) is 35.5 Å². The molecule has 0 N–H and O–H groups in total. The molecule has 0 saturated carbocycles. The number of hydrogen-bond donors (Lipinski definition) is 0. The summed E-state index contributed by atoms with van der Waals surface area (Å²) in [5.74, 6) is -0.708. The van der Waals surface area contributed by atoms with E-state index in [0.717, 1.165) is 16.5 Å². The molecule has 1 aromatic heterocycles. The van der Waals surface area contributed by atoms with Gasteiger partial charge in [-0.05, 0) is 24.6 Å². The van der Waals surface area contributed by atoms with Crippen molar-refractivity contribution in [3.8, 4) is 0 Å². The van der Waals surface area contributed by atoms with E-state index in [0.29, 0.717) is 0 Å². The minimum Gasteiger partial charge on any atom is -0.464 e. The van der Waals surface area contributed by atoms with Crippen molar-refractivity contribution in [1.29, 1.82) is 0 Å². The summed E-state index contributed by atoms with van der Waals surface area (Å²) >= 11 is 0. The highest BCUT2D eigenvalue weighted by Gasteiger charge is 2.18. The monoisotopic (exact) mass is 231 g/mol. The van der Waals surface area contributed by atoms with Gasteiger partial charge in [0.1, 0.15) is 5.69 Å². The second kappa shape index (κ2) is 4.05. The normalized spacial score (nSPS) is 10.5. The fraction of sp³-hybridized carbons (Fsp3) is 0.231. The highest BCUT2D eigenvalue weighted by Crippen LogP contribution is 2.21. The molecule has 0 aliphatic rings. The Kier molecular flexibility index (Phi) is 2.71. The third kappa shape index (κ3) is 1.82. The van der Waals surface area contributed by atoms with Gasteiger partial charge in [-0.25, -0.2) is 4.79 Å². The number of aromatic nitrogens is 1. The molecule has 0 spiro atoms. The molecule has 0 aliphatic carbocycles. The predicted octanol–water partition coefficient (Wildman–Crippen LogP) is 2.40. The van der Waals surface area contributed by atoms with E-state index in [4.69, 9.17) is 0 Å². The Morgan fingerprint density at radius 2 is 1.94 bits per heavy atom. The first kappa shape index (κ1) is 11.4. The van der Waals surface area contributed by atoms with Crippen LogP contribution in [0.15, 0.2) is 24.3 Å². The Bertz CT molecular complexity index is 610. The van der Waals surface area contributed by atoms with Crippen LogP contribution in [-0.2, 0) is 4.74 Å². The maximum absolute atomic E-state index is 11.6. The van der Waals surface area contributed by atoms with Crippen LogP contribution in [0.5, 0.6) is 0 Å². The second-order valence-electron chi connectivity index (χ2n) is 3.94. The predicted molar refractivity (Wildman–Crippen MR) is 64.3 cm³/mol. The van der Waals surface area contributed by atoms with Crippen molar-refractivity contribution in [1.82, 2.24) is 4.57 Å². The molecule has 17 heavy (non-hydrogen) atoms. The van der Waals surface area contributed by atoms with Crippen molar-refractivity contribution in [2.75, 3.05) is 7.11 Å². The Morgan fingerprint density at radius 3 is 2.53 bits per heavy atom. The van der Waals surface area contributed by atoms with Gasteiger partial charge in [0.25, 0.3) is 0 Å². The number of carbonyl (C=O) groups excluding carboxylic acids is 2. The van der Waals surface area contributed by atoms with E-state index in [1.165, 1.54) is 18.6 Å². The number of rotatable bonds is 1. The third-order valence-electron chi connectivity index (χ3n) is 2.67. The molecule has 1 aromatic carbocycles. The van der Waals surface area contributed by atoms with E-state index >= 15 is 0 Å². The maximum Gasteiger partial charge on any atom is 0.355 e. The van der Waals surface area contributed by atoms with Crippen molar-refractivity contribution < 1.29 is 14.3 Å². The summed E-state index contributed by atoms with van der Waals surface area (Å²) in [5.41, 5.74) is 2.04. The van der Waals surface area contributed by atoms with Crippen molar-refractivity contribution in [3.63, 3.8) is 0 Å². The third-order valence-corrected chi connectivity index (χ3v) is 2.67. The second-order valence-corrected chi connectivity index (χ2v) is 3.94. The van der Waals surface area contributed by atoms with Gasteiger partial charge in [0.15, 0.2) is 0 Å². The molecule has 2 aromatic rings. The summed E-state index contributed by atoms with van der Waals surface area (Å²) < 4.78 is 6.06. The number of nitrogens with zero attached hydrogens (tertiary/aromatic N) is 1. The van der Waals surface area contributed by atoms with Crippen LogP contribution in [-0.4, -0.2) is 23.6 Å². The number of fused-ring (bicyclic) bond motifs is 1. The molecule has 0 atom stereocenters. The molecular weight excluding hydrogens is 218 g/mol. The van der Waals surface area contributed by atoms with Crippen LogP contribution in [0.4, 0.5) is 0 Å². The highest BCUT2D eigenvalue weighted by molar-refractivity contribution is 6.02. The van der Waals surface area contributed by atoms with E-state index in [1.54, 1.807) is 6.07 Å². The molecule has 0 saturated heterocycles. The largest absolute Gasteiger partial charge is 0.464 e. The van der Waals surface area contributed by atoms with E-state index in [-0.39, 0.29) is 11.6 Å². The summed E-state index contributed by atoms with van der Waals surface area (Å²) in [6, 6.07) is 7.37. The van der Waals surface area contributed by atoms with Gasteiger partial charge in [0.2, 0.25) is 5.91 Å². The molecule has 0 amide bonds. The smallest absolute Gasteiger partial charge is 0.355 e. The van der Waals surface area contributed by atoms with Gasteiger partial charge < -0.3 is 4.74 Å². The fourth-order valence-electron chi connectivity index (χ4n) is 1.91. The van der Waals surface area contributed by atoms with Gasteiger partial charge in [-0.15, -0.1) is 0 Å². The Labute approximate surface area is 98.8 Å². The number of carbonyl (C=O) groups is 2. The molecule has 0 radical (unpaired) electrons. The molecule has 0 aliphatic heterocycles. The number of aryl methyl sites for hydroxylation is 1. The molecular formula is C13H13NO3. The van der Waals surface area contributed by atoms with Crippen LogP contribution in [0.3, 0.4) is 0 Å². The van der Waals surface area contributed by atoms with Crippen LogP contribution in [0.2, 0.25) is 0 Å². The lowest BCUT2D eigenvalue weighted by atomic mass is 10.2. The highest BCUT2D eigenvalue weighted by atomic mass is 16.5. The minimum absolute atomic E-state index is 0.203. The molecule has 4 heteroatoms. The quantitative estimate of drug-likeness (QED) is 0.708. The molecule has 1 heterocycles. The van der Waals surface area contributed by atoms with Crippen LogP contribution in [0, 0.1) is 6.92 Å². The van der Waals surface area contributed by atoms with Gasteiger partial charge in [-0.3, -0.25) is 9.36 Å². The number of esters is 1. The van der Waals surface area contributed by atoms with Crippen LogP contribution < -0.4 is 0 Å². The Balaban J connectivity index is 2.80. The molecule has 4 nitrogen and oxygen atoms in total. The van der Waals surface area contributed by atoms with Crippen molar-refractivity contribution in [2.24, 2.45) is 0 Å². The number of benzene rings is 1. The van der Waals surface area contributed by atoms with E-state index in [1.807, 2.05) is 25.1 Å². The lowest BCUT2D eigenvalue weighted by Gasteiger charge is -2.04. The lowest BCUT2D eigenvalue weighted by Crippen LogP contribution is -2.14. The van der Waals surface area contributed by atoms with E-state index in [9.17, 15) is 9.59 Å². The zero-order chi connectivity index (χ0) is 12.6. The number of methoxy groups -OCH3 is 1. The zero-order valence-electron chi connectivity index (χ0n) is 9.98. The van der Waals surface area contributed by atoms with Crippen molar-refractivity contribution in [2.45, 2.75) is 13.8 Å². The number of ether oxygens (including phenoxy) is 1. The maximum atomic E-state index is 11.6. The fourth-order valence-corrected chi connectivity index (χ4v) is 1.91. The summed E-state index contributed by atoms with van der Waals surface area (Å²) in [7, 11) is 1.30. The van der Waals surface area contributed by atoms with Crippen LogP contribution in [0.1, 0.15) is 27.8 Å². The standard InChI is InChI=1S/C13H13NO3/c1-8-4-5-10-7-12(13(16)17-3)14(9(2)15)11(10)6-8/h4-7H,1-3H3. The average molecular weight is 231 g/mol. The average Bonchev–Trinajstić information content (AvgIpc) is 2.66. The van der Waals surface area contributed by atoms with E-state index in [2.05, 4.69) is 4.74 Å². The summed E-state index contributed by atoms with van der Waals surface area (Å²) in [4.78, 5) is 23.2. The molecule has 2 rings (SSSR count). The Hall–Kier alpha value is -2.10.